The molecule has 6 heteroatoms. The van der Waals surface area contributed by atoms with E-state index in [4.69, 9.17) is 16.9 Å². The average Bonchev–Trinajstić information content (AvgIpc) is 3.16. The van der Waals surface area contributed by atoms with Crippen LogP contribution in [0.1, 0.15) is 41.8 Å². The van der Waals surface area contributed by atoms with Crippen LogP contribution in [0.15, 0.2) is 48.5 Å². The Hall–Kier alpha value is -2.84. The maximum absolute atomic E-state index is 12.9. The van der Waals surface area contributed by atoms with Crippen molar-refractivity contribution in [1.29, 1.82) is 5.26 Å². The van der Waals surface area contributed by atoms with Crippen LogP contribution in [0.5, 0.6) is 0 Å². The number of nitriles is 1. The molecule has 5 nitrogen and oxygen atoms in total. The molecule has 28 heavy (non-hydrogen) atoms. The van der Waals surface area contributed by atoms with Gasteiger partial charge >= 0.3 is 0 Å². The number of likely N-dealkylation sites (tertiary alicyclic amines) is 1. The lowest BCUT2D eigenvalue weighted by molar-refractivity contribution is -0.126. The highest BCUT2D eigenvalue weighted by molar-refractivity contribution is 6.31. The van der Waals surface area contributed by atoms with E-state index in [1.807, 2.05) is 38.1 Å². The van der Waals surface area contributed by atoms with Crippen LogP contribution in [0.3, 0.4) is 0 Å². The molecule has 1 atom stereocenters. The Balaban J connectivity index is 1.65. The summed E-state index contributed by atoms with van der Waals surface area (Å²) in [5.41, 5.74) is 0.966. The summed E-state index contributed by atoms with van der Waals surface area (Å²) in [6.45, 7) is 4.75. The van der Waals surface area contributed by atoms with Gasteiger partial charge in [-0.2, -0.15) is 5.26 Å². The van der Waals surface area contributed by atoms with Crippen molar-refractivity contribution in [3.63, 3.8) is 0 Å². The average molecular weight is 396 g/mol. The quantitative estimate of drug-likeness (QED) is 0.860. The minimum absolute atomic E-state index is 0.0181. The lowest BCUT2D eigenvalue weighted by Gasteiger charge is -2.27. The van der Waals surface area contributed by atoms with Crippen LogP contribution in [0.25, 0.3) is 0 Å². The highest BCUT2D eigenvalue weighted by atomic mass is 35.5. The lowest BCUT2D eigenvalue weighted by Crippen LogP contribution is -2.46. The normalized spacial score (nSPS) is 16.5. The number of nitrogens with one attached hydrogen (secondary N) is 1. The van der Waals surface area contributed by atoms with Gasteiger partial charge in [0.1, 0.15) is 6.07 Å². The minimum Gasteiger partial charge on any atom is -0.351 e. The standard InChI is InChI=1S/C22H22ClN3O2/c1-22(2,17-9-8-16(13-24)19(23)12-17)21(28)25-18-10-11-26(14-18)20(27)15-6-4-3-5-7-15/h3-9,12,18H,10-11,14H2,1-2H3,(H,25,28). The van der Waals surface area contributed by atoms with Gasteiger partial charge in [0.15, 0.2) is 0 Å². The van der Waals surface area contributed by atoms with Gasteiger partial charge in [0.05, 0.1) is 16.0 Å². The summed E-state index contributed by atoms with van der Waals surface area (Å²) in [5, 5.41) is 12.4. The van der Waals surface area contributed by atoms with Gasteiger partial charge in [-0.15, -0.1) is 0 Å². The molecular formula is C22H22ClN3O2. The summed E-state index contributed by atoms with van der Waals surface area (Å²) in [5.74, 6) is -0.150. The Labute approximate surface area is 169 Å². The molecule has 1 heterocycles. The van der Waals surface area contributed by atoms with E-state index in [0.29, 0.717) is 35.7 Å². The van der Waals surface area contributed by atoms with E-state index < -0.39 is 5.41 Å². The molecule has 0 aromatic heterocycles. The van der Waals surface area contributed by atoms with Gasteiger partial charge in [-0.3, -0.25) is 9.59 Å². The van der Waals surface area contributed by atoms with Crippen molar-refractivity contribution < 1.29 is 9.59 Å². The monoisotopic (exact) mass is 395 g/mol. The van der Waals surface area contributed by atoms with Crippen molar-refractivity contribution in [2.24, 2.45) is 0 Å². The van der Waals surface area contributed by atoms with Crippen LogP contribution in [0.4, 0.5) is 0 Å². The molecule has 2 aromatic rings. The number of carbonyl (C=O) groups is 2. The largest absolute Gasteiger partial charge is 0.351 e. The van der Waals surface area contributed by atoms with E-state index in [1.165, 1.54) is 0 Å². The van der Waals surface area contributed by atoms with Crippen molar-refractivity contribution >= 4 is 23.4 Å². The molecule has 2 aromatic carbocycles. The molecule has 3 rings (SSSR count). The van der Waals surface area contributed by atoms with E-state index >= 15 is 0 Å². The molecule has 0 bridgehead atoms. The maximum Gasteiger partial charge on any atom is 0.253 e. The molecule has 0 aliphatic carbocycles. The van der Waals surface area contributed by atoms with Gasteiger partial charge < -0.3 is 10.2 Å². The second-order valence-corrected chi connectivity index (χ2v) is 7.91. The molecule has 1 N–H and O–H groups in total. The lowest BCUT2D eigenvalue weighted by atomic mass is 9.83. The van der Waals surface area contributed by atoms with Gasteiger partial charge in [0, 0.05) is 24.7 Å². The first-order valence-corrected chi connectivity index (χ1v) is 9.56. The molecule has 144 valence electrons. The molecule has 2 amide bonds. The maximum atomic E-state index is 12.9. The smallest absolute Gasteiger partial charge is 0.253 e. The molecular weight excluding hydrogens is 374 g/mol. The Morgan fingerprint density at radius 2 is 1.93 bits per heavy atom. The fourth-order valence-corrected chi connectivity index (χ4v) is 3.54. The van der Waals surface area contributed by atoms with E-state index in [-0.39, 0.29) is 17.9 Å². The van der Waals surface area contributed by atoms with Gasteiger partial charge in [-0.1, -0.05) is 35.9 Å². The number of hydrogen-bond acceptors (Lipinski definition) is 3. The predicted molar refractivity (Wildman–Crippen MR) is 108 cm³/mol. The minimum atomic E-state index is -0.811. The molecule has 1 fully saturated rings. The summed E-state index contributed by atoms with van der Waals surface area (Å²) >= 11 is 6.12. The summed E-state index contributed by atoms with van der Waals surface area (Å²) in [7, 11) is 0. The first-order chi connectivity index (χ1) is 13.3. The molecule has 1 aliphatic heterocycles. The van der Waals surface area contributed by atoms with E-state index in [0.717, 1.165) is 5.56 Å². The number of benzene rings is 2. The Morgan fingerprint density at radius 1 is 1.21 bits per heavy atom. The number of nitrogens with zero attached hydrogens (tertiary/aromatic N) is 2. The first-order valence-electron chi connectivity index (χ1n) is 9.18. The van der Waals surface area contributed by atoms with Crippen LogP contribution in [-0.4, -0.2) is 35.8 Å². The van der Waals surface area contributed by atoms with Crippen molar-refractivity contribution in [2.75, 3.05) is 13.1 Å². The second kappa shape index (κ2) is 8.04. The number of amides is 2. The number of hydrogen-bond donors (Lipinski definition) is 1. The van der Waals surface area contributed by atoms with E-state index in [1.54, 1.807) is 35.2 Å². The number of rotatable bonds is 4. The zero-order valence-corrected chi connectivity index (χ0v) is 16.7. The third-order valence-corrected chi connectivity index (χ3v) is 5.52. The van der Waals surface area contributed by atoms with Gasteiger partial charge in [0.2, 0.25) is 5.91 Å². The molecule has 0 saturated carbocycles. The van der Waals surface area contributed by atoms with Crippen molar-refractivity contribution in [1.82, 2.24) is 10.2 Å². The van der Waals surface area contributed by atoms with Gasteiger partial charge in [0.25, 0.3) is 5.91 Å². The molecule has 1 unspecified atom stereocenters. The van der Waals surface area contributed by atoms with Crippen LogP contribution in [-0.2, 0) is 10.2 Å². The van der Waals surface area contributed by atoms with Gasteiger partial charge in [-0.25, -0.2) is 0 Å². The predicted octanol–water partition coefficient (Wildman–Crippen LogP) is 3.52. The fraction of sp³-hybridized carbons (Fsp3) is 0.318. The fourth-order valence-electron chi connectivity index (χ4n) is 3.32. The third kappa shape index (κ3) is 4.02. The molecule has 0 spiro atoms. The van der Waals surface area contributed by atoms with Crippen molar-refractivity contribution in [3.05, 3.63) is 70.2 Å². The summed E-state index contributed by atoms with van der Waals surface area (Å²) < 4.78 is 0. The van der Waals surface area contributed by atoms with Crippen molar-refractivity contribution in [3.8, 4) is 6.07 Å². The molecule has 1 aliphatic rings. The van der Waals surface area contributed by atoms with E-state index in [9.17, 15) is 9.59 Å². The Bertz CT molecular complexity index is 935. The van der Waals surface area contributed by atoms with E-state index in [2.05, 4.69) is 5.32 Å². The molecule has 0 radical (unpaired) electrons. The number of carbonyl (C=O) groups excluding carboxylic acids is 2. The van der Waals surface area contributed by atoms with Crippen LogP contribution >= 0.6 is 11.6 Å². The zero-order chi connectivity index (χ0) is 20.3. The first kappa shape index (κ1) is 19.9. The summed E-state index contributed by atoms with van der Waals surface area (Å²) in [6, 6.07) is 16.1. The third-order valence-electron chi connectivity index (χ3n) is 5.21. The molecule has 1 saturated heterocycles. The highest BCUT2D eigenvalue weighted by Gasteiger charge is 2.34. The summed E-state index contributed by atoms with van der Waals surface area (Å²) in [6.07, 6.45) is 0.717. The zero-order valence-electron chi connectivity index (χ0n) is 15.9. The highest BCUT2D eigenvalue weighted by Crippen LogP contribution is 2.28. The van der Waals surface area contributed by atoms with Crippen LogP contribution < -0.4 is 5.32 Å². The van der Waals surface area contributed by atoms with Gasteiger partial charge in [-0.05, 0) is 50.1 Å². The SMILES string of the molecule is CC(C)(C(=O)NC1CCN(C(=O)c2ccccc2)C1)c1ccc(C#N)c(Cl)c1. The number of halogens is 1. The van der Waals surface area contributed by atoms with Crippen LogP contribution in [0.2, 0.25) is 5.02 Å². The van der Waals surface area contributed by atoms with Crippen molar-refractivity contribution in [2.45, 2.75) is 31.7 Å². The van der Waals surface area contributed by atoms with Crippen LogP contribution in [0, 0.1) is 11.3 Å². The topological polar surface area (TPSA) is 73.2 Å². The summed E-state index contributed by atoms with van der Waals surface area (Å²) in [4.78, 5) is 27.2. The Kier molecular flexibility index (Phi) is 5.71. The Morgan fingerprint density at radius 3 is 2.57 bits per heavy atom. The second-order valence-electron chi connectivity index (χ2n) is 7.51.